The lowest BCUT2D eigenvalue weighted by Crippen LogP contribution is -2.32. The van der Waals surface area contributed by atoms with Crippen molar-refractivity contribution in [2.24, 2.45) is 0 Å². The van der Waals surface area contributed by atoms with E-state index in [1.54, 1.807) is 12.3 Å². The molecule has 0 aromatic rings. The molecule has 0 aliphatic carbocycles. The summed E-state index contributed by atoms with van der Waals surface area (Å²) < 4.78 is 0. The van der Waals surface area contributed by atoms with E-state index >= 15 is 0 Å². The summed E-state index contributed by atoms with van der Waals surface area (Å²) in [6, 6.07) is -0.121. The first-order chi connectivity index (χ1) is 5.81. The Hall–Kier alpha value is -0.990. The van der Waals surface area contributed by atoms with Crippen molar-refractivity contribution in [3.05, 3.63) is 12.3 Å². The number of urea groups is 1. The topological polar surface area (TPSA) is 41.1 Å². The molecule has 3 heteroatoms. The van der Waals surface area contributed by atoms with Crippen molar-refractivity contribution in [2.45, 2.75) is 33.1 Å². The first kappa shape index (κ1) is 11.0. The second-order valence-electron chi connectivity index (χ2n) is 2.61. The van der Waals surface area contributed by atoms with Crippen LogP contribution in [-0.2, 0) is 0 Å². The van der Waals surface area contributed by atoms with Crippen molar-refractivity contribution in [1.29, 1.82) is 0 Å². The highest BCUT2D eigenvalue weighted by Crippen LogP contribution is 1.90. The molecule has 0 radical (unpaired) electrons. The van der Waals surface area contributed by atoms with E-state index in [0.29, 0.717) is 0 Å². The van der Waals surface area contributed by atoms with E-state index in [9.17, 15) is 4.79 Å². The molecule has 70 valence electrons. The number of hydrogen-bond donors (Lipinski definition) is 2. The molecule has 0 saturated carbocycles. The second-order valence-corrected chi connectivity index (χ2v) is 2.61. The van der Waals surface area contributed by atoms with Gasteiger partial charge in [-0.25, -0.2) is 4.79 Å². The molecule has 0 unspecified atom stereocenters. The molecule has 0 aromatic heterocycles. The zero-order valence-corrected chi connectivity index (χ0v) is 7.89. The summed E-state index contributed by atoms with van der Waals surface area (Å²) in [4.78, 5) is 10.9. The molecule has 0 bridgehead atoms. The van der Waals surface area contributed by atoms with E-state index < -0.39 is 0 Å². The van der Waals surface area contributed by atoms with Crippen molar-refractivity contribution in [2.75, 3.05) is 6.54 Å². The molecule has 2 amide bonds. The van der Waals surface area contributed by atoms with Crippen LogP contribution in [0.3, 0.4) is 0 Å². The molecule has 0 aliphatic heterocycles. The molecule has 0 aliphatic rings. The molecule has 0 heterocycles. The van der Waals surface area contributed by atoms with Crippen LogP contribution in [-0.4, -0.2) is 12.6 Å². The van der Waals surface area contributed by atoms with Crippen LogP contribution in [0.1, 0.15) is 33.1 Å². The Morgan fingerprint density at radius 1 is 1.42 bits per heavy atom. The molecule has 0 fully saturated rings. The number of allylic oxidation sites excluding steroid dienone is 1. The highest BCUT2D eigenvalue weighted by molar-refractivity contribution is 5.74. The lowest BCUT2D eigenvalue weighted by molar-refractivity contribution is 0.244. The monoisotopic (exact) mass is 170 g/mol. The van der Waals surface area contributed by atoms with Crippen molar-refractivity contribution in [3.8, 4) is 0 Å². The Labute approximate surface area is 74.2 Å². The van der Waals surface area contributed by atoms with Crippen LogP contribution < -0.4 is 10.6 Å². The minimum absolute atomic E-state index is 0.121. The van der Waals surface area contributed by atoms with Crippen LogP contribution in [0.4, 0.5) is 4.79 Å². The van der Waals surface area contributed by atoms with Crippen molar-refractivity contribution >= 4 is 6.03 Å². The van der Waals surface area contributed by atoms with Crippen LogP contribution in [0.5, 0.6) is 0 Å². The number of carbonyl (C=O) groups is 1. The first-order valence-corrected chi connectivity index (χ1v) is 4.46. The van der Waals surface area contributed by atoms with E-state index in [1.165, 1.54) is 12.8 Å². The van der Waals surface area contributed by atoms with E-state index in [-0.39, 0.29) is 6.03 Å². The summed E-state index contributed by atoms with van der Waals surface area (Å²) in [5, 5.41) is 5.33. The van der Waals surface area contributed by atoms with Gasteiger partial charge < -0.3 is 10.6 Å². The molecule has 2 N–H and O–H groups in total. The van der Waals surface area contributed by atoms with Crippen LogP contribution in [0.2, 0.25) is 0 Å². The van der Waals surface area contributed by atoms with E-state index in [4.69, 9.17) is 0 Å². The third-order valence-electron chi connectivity index (χ3n) is 1.45. The van der Waals surface area contributed by atoms with Gasteiger partial charge in [0, 0.05) is 12.7 Å². The van der Waals surface area contributed by atoms with Crippen LogP contribution in [0, 0.1) is 0 Å². The third-order valence-corrected chi connectivity index (χ3v) is 1.45. The van der Waals surface area contributed by atoms with Gasteiger partial charge in [-0.15, -0.1) is 0 Å². The molecule has 3 nitrogen and oxygen atoms in total. The van der Waals surface area contributed by atoms with Crippen LogP contribution in [0.15, 0.2) is 12.3 Å². The van der Waals surface area contributed by atoms with Gasteiger partial charge in [0.1, 0.15) is 0 Å². The SMILES string of the molecule is C/C=C/NC(=O)NCCCCC. The number of hydrogen-bond acceptors (Lipinski definition) is 1. The van der Waals surface area contributed by atoms with Gasteiger partial charge in [0.2, 0.25) is 0 Å². The molecular formula is C9H18N2O. The van der Waals surface area contributed by atoms with Gasteiger partial charge in [0.25, 0.3) is 0 Å². The van der Waals surface area contributed by atoms with Gasteiger partial charge in [-0.3, -0.25) is 0 Å². The highest BCUT2D eigenvalue weighted by atomic mass is 16.2. The smallest absolute Gasteiger partial charge is 0.318 e. The molecule has 0 aromatic carbocycles. The van der Waals surface area contributed by atoms with Gasteiger partial charge >= 0.3 is 6.03 Å². The van der Waals surface area contributed by atoms with Gasteiger partial charge in [-0.05, 0) is 13.3 Å². The number of nitrogens with one attached hydrogen (secondary N) is 2. The zero-order chi connectivity index (χ0) is 9.23. The van der Waals surface area contributed by atoms with Gasteiger partial charge in [-0.1, -0.05) is 25.8 Å². The highest BCUT2D eigenvalue weighted by Gasteiger charge is 1.93. The summed E-state index contributed by atoms with van der Waals surface area (Å²) in [6.45, 7) is 4.76. The van der Waals surface area contributed by atoms with E-state index in [1.807, 2.05) is 6.92 Å². The summed E-state index contributed by atoms with van der Waals surface area (Å²) >= 11 is 0. The molecular weight excluding hydrogens is 152 g/mol. The van der Waals surface area contributed by atoms with E-state index in [0.717, 1.165) is 13.0 Å². The molecule has 12 heavy (non-hydrogen) atoms. The van der Waals surface area contributed by atoms with Gasteiger partial charge in [0.05, 0.1) is 0 Å². The fraction of sp³-hybridized carbons (Fsp3) is 0.667. The number of amides is 2. The van der Waals surface area contributed by atoms with Crippen molar-refractivity contribution in [1.82, 2.24) is 10.6 Å². The number of unbranched alkanes of at least 4 members (excludes halogenated alkanes) is 2. The Morgan fingerprint density at radius 3 is 2.75 bits per heavy atom. The van der Waals surface area contributed by atoms with Crippen LogP contribution in [0.25, 0.3) is 0 Å². The minimum Gasteiger partial charge on any atom is -0.338 e. The first-order valence-electron chi connectivity index (χ1n) is 4.46. The standard InChI is InChI=1S/C9H18N2O/c1-3-5-6-8-11-9(12)10-7-4-2/h4,7H,3,5-6,8H2,1-2H3,(H2,10,11,12)/b7-4+. The number of carbonyl (C=O) groups excluding carboxylic acids is 1. The Kier molecular flexibility index (Phi) is 7.44. The van der Waals surface area contributed by atoms with Crippen molar-refractivity contribution in [3.63, 3.8) is 0 Å². The van der Waals surface area contributed by atoms with Crippen LogP contribution >= 0.6 is 0 Å². The lowest BCUT2D eigenvalue weighted by Gasteiger charge is -2.02. The van der Waals surface area contributed by atoms with Crippen molar-refractivity contribution < 1.29 is 4.79 Å². The Bertz CT molecular complexity index is 143. The van der Waals surface area contributed by atoms with E-state index in [2.05, 4.69) is 17.6 Å². The summed E-state index contributed by atoms with van der Waals surface area (Å²) in [6.07, 6.45) is 6.81. The number of rotatable bonds is 5. The van der Waals surface area contributed by atoms with Gasteiger partial charge in [-0.2, -0.15) is 0 Å². The molecule has 0 rings (SSSR count). The van der Waals surface area contributed by atoms with Gasteiger partial charge in [0.15, 0.2) is 0 Å². The average Bonchev–Trinajstić information content (AvgIpc) is 2.09. The average molecular weight is 170 g/mol. The Balaban J connectivity index is 3.20. The fourth-order valence-corrected chi connectivity index (χ4v) is 0.787. The summed E-state index contributed by atoms with van der Waals surface area (Å²) in [5.74, 6) is 0. The predicted molar refractivity (Wildman–Crippen MR) is 50.9 cm³/mol. The Morgan fingerprint density at radius 2 is 2.17 bits per heavy atom. The fourth-order valence-electron chi connectivity index (χ4n) is 0.787. The predicted octanol–water partition coefficient (Wildman–Crippen LogP) is 2.01. The molecule has 0 spiro atoms. The largest absolute Gasteiger partial charge is 0.338 e. The minimum atomic E-state index is -0.121. The lowest BCUT2D eigenvalue weighted by atomic mass is 10.2. The second kappa shape index (κ2) is 8.11. The molecule has 0 saturated heterocycles. The normalized spacial score (nSPS) is 10.2. The summed E-state index contributed by atoms with van der Waals surface area (Å²) in [7, 11) is 0. The zero-order valence-electron chi connectivity index (χ0n) is 7.89. The third kappa shape index (κ3) is 7.12. The summed E-state index contributed by atoms with van der Waals surface area (Å²) in [5.41, 5.74) is 0. The maximum absolute atomic E-state index is 10.9. The quantitative estimate of drug-likeness (QED) is 0.609. The maximum Gasteiger partial charge on any atom is 0.318 e. The molecule has 0 atom stereocenters. The maximum atomic E-state index is 10.9.